The number of carbonyl (C=O) groups is 4. The molecule has 0 fully saturated rings. The molecule has 9 nitrogen and oxygen atoms in total. The first-order valence-corrected chi connectivity index (χ1v) is 10.6. The summed E-state index contributed by atoms with van der Waals surface area (Å²) in [4.78, 5) is 47.0. The lowest BCUT2D eigenvalue weighted by molar-refractivity contribution is -0.146. The number of esters is 1. The molecule has 0 bridgehead atoms. The van der Waals surface area contributed by atoms with Gasteiger partial charge in [0.1, 0.15) is 6.61 Å². The molecule has 176 valence electrons. The van der Waals surface area contributed by atoms with Gasteiger partial charge in [-0.1, -0.05) is 37.3 Å². The molecule has 0 radical (unpaired) electrons. The fourth-order valence-corrected chi connectivity index (χ4v) is 2.87. The fraction of sp³-hybridized carbons (Fsp3) is 0.333. The van der Waals surface area contributed by atoms with Gasteiger partial charge in [0, 0.05) is 18.7 Å². The van der Waals surface area contributed by atoms with Gasteiger partial charge in [-0.3, -0.25) is 14.4 Å². The summed E-state index contributed by atoms with van der Waals surface area (Å²) in [6.45, 7) is 2.32. The van der Waals surface area contributed by atoms with Crippen molar-refractivity contribution in [1.29, 1.82) is 0 Å². The number of carboxylic acids is 1. The Balaban J connectivity index is 1.63. The highest BCUT2D eigenvalue weighted by Crippen LogP contribution is 2.12. The zero-order chi connectivity index (χ0) is 24.2. The van der Waals surface area contributed by atoms with Crippen LogP contribution in [0.15, 0.2) is 54.6 Å². The molecule has 0 aliphatic heterocycles. The number of rotatable bonds is 12. The molecule has 0 heterocycles. The summed E-state index contributed by atoms with van der Waals surface area (Å²) in [5.74, 6) is -2.25. The van der Waals surface area contributed by atoms with Crippen molar-refractivity contribution < 1.29 is 29.0 Å². The maximum atomic E-state index is 12.1. The zero-order valence-corrected chi connectivity index (χ0v) is 18.5. The van der Waals surface area contributed by atoms with Crippen molar-refractivity contribution in [3.05, 3.63) is 65.7 Å². The first kappa shape index (κ1) is 25.5. The summed E-state index contributed by atoms with van der Waals surface area (Å²) in [5, 5.41) is 14.3. The topological polar surface area (TPSA) is 148 Å². The first-order valence-electron chi connectivity index (χ1n) is 10.6. The lowest BCUT2D eigenvalue weighted by Gasteiger charge is -2.15. The smallest absolute Gasteiger partial charge is 0.335 e. The van der Waals surface area contributed by atoms with Crippen LogP contribution < -0.4 is 16.4 Å². The summed E-state index contributed by atoms with van der Waals surface area (Å²) in [7, 11) is 0. The molecule has 9 heteroatoms. The third kappa shape index (κ3) is 9.53. The number of amides is 2. The Kier molecular flexibility index (Phi) is 10.0. The Morgan fingerprint density at radius 1 is 1.03 bits per heavy atom. The number of benzene rings is 2. The third-order valence-corrected chi connectivity index (χ3v) is 4.87. The van der Waals surface area contributed by atoms with Crippen LogP contribution in [0.5, 0.6) is 0 Å². The SMILES string of the molecule is CC(CCC(=O)Nc1ccc(C(=O)O)cc1)CNC(=O)[C@H](N)CC(=O)OCc1ccccc1. The van der Waals surface area contributed by atoms with Crippen molar-refractivity contribution in [2.24, 2.45) is 11.7 Å². The van der Waals surface area contributed by atoms with E-state index >= 15 is 0 Å². The molecule has 0 aromatic heterocycles. The molecule has 0 saturated carbocycles. The molecule has 33 heavy (non-hydrogen) atoms. The van der Waals surface area contributed by atoms with Crippen LogP contribution in [0, 0.1) is 5.92 Å². The van der Waals surface area contributed by atoms with Crippen LogP contribution in [-0.4, -0.2) is 41.4 Å². The number of anilines is 1. The quantitative estimate of drug-likeness (QED) is 0.359. The lowest BCUT2D eigenvalue weighted by Crippen LogP contribution is -2.43. The number of hydrogen-bond donors (Lipinski definition) is 4. The van der Waals surface area contributed by atoms with Gasteiger partial charge < -0.3 is 26.2 Å². The van der Waals surface area contributed by atoms with Crippen molar-refractivity contribution in [1.82, 2.24) is 5.32 Å². The molecule has 0 saturated heterocycles. The van der Waals surface area contributed by atoms with E-state index in [1.807, 2.05) is 37.3 Å². The van der Waals surface area contributed by atoms with E-state index in [1.165, 1.54) is 24.3 Å². The van der Waals surface area contributed by atoms with Crippen molar-refractivity contribution in [2.75, 3.05) is 11.9 Å². The molecule has 2 aromatic rings. The molecule has 0 spiro atoms. The van der Waals surface area contributed by atoms with Gasteiger partial charge in [0.05, 0.1) is 18.0 Å². The summed E-state index contributed by atoms with van der Waals surface area (Å²) in [6.07, 6.45) is 0.527. The number of carbonyl (C=O) groups excluding carboxylic acids is 3. The van der Waals surface area contributed by atoms with Crippen molar-refractivity contribution in [3.8, 4) is 0 Å². The van der Waals surface area contributed by atoms with Crippen LogP contribution >= 0.6 is 0 Å². The van der Waals surface area contributed by atoms with Crippen molar-refractivity contribution in [3.63, 3.8) is 0 Å². The summed E-state index contributed by atoms with van der Waals surface area (Å²) in [5.41, 5.74) is 7.29. The predicted octanol–water partition coefficient (Wildman–Crippen LogP) is 2.32. The van der Waals surface area contributed by atoms with Gasteiger partial charge >= 0.3 is 11.9 Å². The number of aromatic carboxylic acids is 1. The molecule has 2 atom stereocenters. The number of nitrogens with two attached hydrogens (primary N) is 1. The molecule has 0 aliphatic carbocycles. The van der Waals surface area contributed by atoms with Gasteiger partial charge in [0.2, 0.25) is 11.8 Å². The highest BCUT2D eigenvalue weighted by atomic mass is 16.5. The average Bonchev–Trinajstić information content (AvgIpc) is 2.80. The van der Waals surface area contributed by atoms with Gasteiger partial charge in [-0.25, -0.2) is 4.79 Å². The van der Waals surface area contributed by atoms with Gasteiger partial charge in [0.25, 0.3) is 0 Å². The molecule has 1 unspecified atom stereocenters. The predicted molar refractivity (Wildman–Crippen MR) is 122 cm³/mol. The monoisotopic (exact) mass is 455 g/mol. The van der Waals surface area contributed by atoms with Crippen LogP contribution in [0.4, 0.5) is 5.69 Å². The van der Waals surface area contributed by atoms with E-state index < -0.39 is 23.9 Å². The van der Waals surface area contributed by atoms with Crippen LogP contribution in [0.2, 0.25) is 0 Å². The Hall–Kier alpha value is -3.72. The maximum absolute atomic E-state index is 12.1. The van der Waals surface area contributed by atoms with Crippen LogP contribution in [-0.2, 0) is 25.7 Å². The number of carboxylic acid groups (broad SMARTS) is 1. The van der Waals surface area contributed by atoms with E-state index in [0.717, 1.165) is 5.56 Å². The highest BCUT2D eigenvalue weighted by Gasteiger charge is 2.19. The number of nitrogens with one attached hydrogen (secondary N) is 2. The molecular formula is C24H29N3O6. The summed E-state index contributed by atoms with van der Waals surface area (Å²) in [6, 6.07) is 14.1. The Bertz CT molecular complexity index is 946. The van der Waals surface area contributed by atoms with Crippen LogP contribution in [0.25, 0.3) is 0 Å². The Labute approximate surface area is 192 Å². The molecule has 2 amide bonds. The minimum absolute atomic E-state index is 0.00585. The van der Waals surface area contributed by atoms with E-state index in [9.17, 15) is 19.2 Å². The van der Waals surface area contributed by atoms with Crippen molar-refractivity contribution in [2.45, 2.75) is 38.8 Å². The zero-order valence-electron chi connectivity index (χ0n) is 18.5. The minimum Gasteiger partial charge on any atom is -0.478 e. The van der Waals surface area contributed by atoms with E-state index in [4.69, 9.17) is 15.6 Å². The summed E-state index contributed by atoms with van der Waals surface area (Å²) >= 11 is 0. The minimum atomic E-state index is -1.03. The first-order chi connectivity index (χ1) is 15.7. The van der Waals surface area contributed by atoms with Gasteiger partial charge in [0.15, 0.2) is 0 Å². The van der Waals surface area contributed by atoms with Crippen LogP contribution in [0.1, 0.15) is 42.1 Å². The Morgan fingerprint density at radius 3 is 2.33 bits per heavy atom. The molecule has 2 aromatic carbocycles. The maximum Gasteiger partial charge on any atom is 0.335 e. The van der Waals surface area contributed by atoms with Crippen molar-refractivity contribution >= 4 is 29.4 Å². The molecular weight excluding hydrogens is 426 g/mol. The number of ether oxygens (including phenoxy) is 1. The largest absolute Gasteiger partial charge is 0.478 e. The summed E-state index contributed by atoms with van der Waals surface area (Å²) < 4.78 is 5.13. The Morgan fingerprint density at radius 2 is 1.70 bits per heavy atom. The second-order valence-corrected chi connectivity index (χ2v) is 7.78. The molecule has 2 rings (SSSR count). The standard InChI is InChI=1S/C24H29N3O6/c1-16(7-12-21(28)27-19-10-8-18(9-11-19)24(31)32)14-26-23(30)20(25)13-22(29)33-15-17-5-3-2-4-6-17/h2-6,8-11,16,20H,7,12-15,25H2,1H3,(H,26,30)(H,27,28)(H,31,32)/t16?,20-/m1/s1. The van der Waals surface area contributed by atoms with Gasteiger partial charge in [-0.15, -0.1) is 0 Å². The van der Waals surface area contributed by atoms with Gasteiger partial charge in [-0.05, 0) is 42.2 Å². The average molecular weight is 456 g/mol. The van der Waals surface area contributed by atoms with E-state index in [1.54, 1.807) is 0 Å². The molecule has 0 aliphatic rings. The normalized spacial score (nSPS) is 12.3. The van der Waals surface area contributed by atoms with E-state index in [2.05, 4.69) is 10.6 Å². The lowest BCUT2D eigenvalue weighted by atomic mass is 10.0. The van der Waals surface area contributed by atoms with E-state index in [0.29, 0.717) is 18.7 Å². The van der Waals surface area contributed by atoms with Gasteiger partial charge in [-0.2, -0.15) is 0 Å². The second-order valence-electron chi connectivity index (χ2n) is 7.78. The molecule has 5 N–H and O–H groups in total. The second kappa shape index (κ2) is 13.0. The fourth-order valence-electron chi connectivity index (χ4n) is 2.87. The highest BCUT2D eigenvalue weighted by molar-refractivity contribution is 5.92. The van der Waals surface area contributed by atoms with E-state index in [-0.39, 0.29) is 36.8 Å². The number of hydrogen-bond acceptors (Lipinski definition) is 6. The van der Waals surface area contributed by atoms with Crippen LogP contribution in [0.3, 0.4) is 0 Å². The third-order valence-electron chi connectivity index (χ3n) is 4.87.